The predicted octanol–water partition coefficient (Wildman–Crippen LogP) is 1.95. The molecule has 0 aliphatic rings. The number of rotatable bonds is 8. The standard InChI is InChI=1S/C14H19FN2O2/c1-11(2)10-19-8-7-16-9-14(18)17-13-6-4-3-5-12(13)15/h3-6,16H,1,7-10H2,2H3,(H,17,18). The molecule has 104 valence electrons. The molecular weight excluding hydrogens is 247 g/mol. The van der Waals surface area contributed by atoms with Crippen LogP contribution in [0.4, 0.5) is 10.1 Å². The molecule has 0 spiro atoms. The highest BCUT2D eigenvalue weighted by Crippen LogP contribution is 2.11. The van der Waals surface area contributed by atoms with Gasteiger partial charge in [-0.2, -0.15) is 0 Å². The van der Waals surface area contributed by atoms with E-state index in [1.165, 1.54) is 12.1 Å². The zero-order valence-corrected chi connectivity index (χ0v) is 11.0. The first kappa shape index (κ1) is 15.3. The molecule has 5 heteroatoms. The van der Waals surface area contributed by atoms with Gasteiger partial charge in [0.2, 0.25) is 5.91 Å². The Morgan fingerprint density at radius 2 is 2.16 bits per heavy atom. The molecule has 0 aromatic heterocycles. The maximum absolute atomic E-state index is 13.3. The van der Waals surface area contributed by atoms with E-state index < -0.39 is 5.82 Å². The fraction of sp³-hybridized carbons (Fsp3) is 0.357. The van der Waals surface area contributed by atoms with Crippen LogP contribution in [0.15, 0.2) is 36.4 Å². The van der Waals surface area contributed by atoms with Crippen LogP contribution in [0.3, 0.4) is 0 Å². The molecule has 2 N–H and O–H groups in total. The van der Waals surface area contributed by atoms with Crippen molar-refractivity contribution in [1.29, 1.82) is 0 Å². The summed E-state index contributed by atoms with van der Waals surface area (Å²) in [7, 11) is 0. The first-order chi connectivity index (χ1) is 9.09. The molecule has 1 amide bonds. The molecule has 0 radical (unpaired) electrons. The fourth-order valence-electron chi connectivity index (χ4n) is 1.35. The van der Waals surface area contributed by atoms with Crippen LogP contribution >= 0.6 is 0 Å². The van der Waals surface area contributed by atoms with E-state index in [0.717, 1.165) is 5.57 Å². The number of halogens is 1. The lowest BCUT2D eigenvalue weighted by atomic mass is 10.3. The van der Waals surface area contributed by atoms with Gasteiger partial charge in [-0.15, -0.1) is 0 Å². The van der Waals surface area contributed by atoms with Crippen molar-refractivity contribution in [2.24, 2.45) is 0 Å². The largest absolute Gasteiger partial charge is 0.376 e. The lowest BCUT2D eigenvalue weighted by molar-refractivity contribution is -0.115. The molecule has 0 fully saturated rings. The summed E-state index contributed by atoms with van der Waals surface area (Å²) in [4.78, 5) is 11.5. The molecule has 0 aliphatic carbocycles. The van der Waals surface area contributed by atoms with Crippen LogP contribution in [-0.4, -0.2) is 32.2 Å². The van der Waals surface area contributed by atoms with E-state index in [1.54, 1.807) is 12.1 Å². The normalized spacial score (nSPS) is 10.2. The Bertz CT molecular complexity index is 435. The summed E-state index contributed by atoms with van der Waals surface area (Å²) < 4.78 is 18.5. The number of benzene rings is 1. The smallest absolute Gasteiger partial charge is 0.238 e. The third kappa shape index (κ3) is 6.69. The summed E-state index contributed by atoms with van der Waals surface area (Å²) in [5.41, 5.74) is 1.14. The molecule has 19 heavy (non-hydrogen) atoms. The van der Waals surface area contributed by atoms with E-state index in [1.807, 2.05) is 6.92 Å². The number of hydrogen-bond donors (Lipinski definition) is 2. The van der Waals surface area contributed by atoms with Crippen molar-refractivity contribution in [2.45, 2.75) is 6.92 Å². The van der Waals surface area contributed by atoms with Gasteiger partial charge in [-0.05, 0) is 19.1 Å². The third-order valence-electron chi connectivity index (χ3n) is 2.21. The van der Waals surface area contributed by atoms with Gasteiger partial charge in [-0.3, -0.25) is 4.79 Å². The first-order valence-electron chi connectivity index (χ1n) is 6.07. The van der Waals surface area contributed by atoms with Gasteiger partial charge in [-0.25, -0.2) is 4.39 Å². The molecule has 4 nitrogen and oxygen atoms in total. The number of hydrogen-bond acceptors (Lipinski definition) is 3. The number of carbonyl (C=O) groups is 1. The second kappa shape index (κ2) is 8.39. The number of carbonyl (C=O) groups excluding carboxylic acids is 1. The second-order valence-electron chi connectivity index (χ2n) is 4.21. The highest BCUT2D eigenvalue weighted by molar-refractivity contribution is 5.92. The summed E-state index contributed by atoms with van der Waals surface area (Å²) in [5, 5.41) is 5.40. The van der Waals surface area contributed by atoms with Gasteiger partial charge < -0.3 is 15.4 Å². The molecule has 0 saturated carbocycles. The molecule has 0 aliphatic heterocycles. The van der Waals surface area contributed by atoms with Crippen molar-refractivity contribution in [3.05, 3.63) is 42.2 Å². The SMILES string of the molecule is C=C(C)COCCNCC(=O)Nc1ccccc1F. The van der Waals surface area contributed by atoms with Crippen molar-refractivity contribution in [1.82, 2.24) is 5.32 Å². The highest BCUT2D eigenvalue weighted by atomic mass is 19.1. The highest BCUT2D eigenvalue weighted by Gasteiger charge is 2.05. The molecular formula is C14H19FN2O2. The van der Waals surface area contributed by atoms with E-state index in [4.69, 9.17) is 4.74 Å². The Kier molecular flexibility index (Phi) is 6.78. The predicted molar refractivity (Wildman–Crippen MR) is 73.5 cm³/mol. The molecule has 1 aromatic rings. The maximum Gasteiger partial charge on any atom is 0.238 e. The molecule has 1 aromatic carbocycles. The lowest BCUT2D eigenvalue weighted by Gasteiger charge is -2.08. The minimum Gasteiger partial charge on any atom is -0.376 e. The summed E-state index contributed by atoms with van der Waals surface area (Å²) in [6.45, 7) is 7.28. The van der Waals surface area contributed by atoms with Crippen LogP contribution in [0.25, 0.3) is 0 Å². The maximum atomic E-state index is 13.3. The van der Waals surface area contributed by atoms with E-state index in [2.05, 4.69) is 17.2 Å². The molecule has 1 rings (SSSR count). The molecule has 0 unspecified atom stereocenters. The minimum atomic E-state index is -0.444. The molecule has 0 heterocycles. The Labute approximate surface area is 112 Å². The van der Waals surface area contributed by atoms with Crippen molar-refractivity contribution in [3.8, 4) is 0 Å². The Hall–Kier alpha value is -1.72. The van der Waals surface area contributed by atoms with Crippen LogP contribution in [0, 0.1) is 5.82 Å². The summed E-state index contributed by atoms with van der Waals surface area (Å²) in [5.74, 6) is -0.731. The van der Waals surface area contributed by atoms with Gasteiger partial charge in [0.25, 0.3) is 0 Å². The summed E-state index contributed by atoms with van der Waals surface area (Å²) >= 11 is 0. The van der Waals surface area contributed by atoms with Crippen LogP contribution in [0.1, 0.15) is 6.92 Å². The Morgan fingerprint density at radius 3 is 2.84 bits per heavy atom. The van der Waals surface area contributed by atoms with Gasteiger partial charge in [0.15, 0.2) is 0 Å². The minimum absolute atomic E-state index is 0.116. The van der Waals surface area contributed by atoms with Gasteiger partial charge in [-0.1, -0.05) is 24.3 Å². The summed E-state index contributed by atoms with van der Waals surface area (Å²) in [6, 6.07) is 6.05. The monoisotopic (exact) mass is 266 g/mol. The van der Waals surface area contributed by atoms with E-state index in [0.29, 0.717) is 19.8 Å². The van der Waals surface area contributed by atoms with Crippen molar-refractivity contribution in [2.75, 3.05) is 31.6 Å². The summed E-state index contributed by atoms with van der Waals surface area (Å²) in [6.07, 6.45) is 0. The van der Waals surface area contributed by atoms with Crippen molar-refractivity contribution < 1.29 is 13.9 Å². The molecule has 0 bridgehead atoms. The lowest BCUT2D eigenvalue weighted by Crippen LogP contribution is -2.30. The Morgan fingerprint density at radius 1 is 1.42 bits per heavy atom. The van der Waals surface area contributed by atoms with Gasteiger partial charge in [0.05, 0.1) is 25.4 Å². The van der Waals surface area contributed by atoms with Crippen molar-refractivity contribution in [3.63, 3.8) is 0 Å². The van der Waals surface area contributed by atoms with Gasteiger partial charge >= 0.3 is 0 Å². The number of anilines is 1. The number of amides is 1. The number of ether oxygens (including phenoxy) is 1. The van der Waals surface area contributed by atoms with Gasteiger partial charge in [0.1, 0.15) is 5.82 Å². The van der Waals surface area contributed by atoms with E-state index in [-0.39, 0.29) is 18.1 Å². The Balaban J connectivity index is 2.15. The van der Waals surface area contributed by atoms with Crippen LogP contribution in [0.5, 0.6) is 0 Å². The molecule has 0 atom stereocenters. The van der Waals surface area contributed by atoms with Crippen molar-refractivity contribution >= 4 is 11.6 Å². The van der Waals surface area contributed by atoms with Crippen LogP contribution in [0.2, 0.25) is 0 Å². The second-order valence-corrected chi connectivity index (χ2v) is 4.21. The van der Waals surface area contributed by atoms with Gasteiger partial charge in [0, 0.05) is 6.54 Å². The fourth-order valence-corrected chi connectivity index (χ4v) is 1.35. The van der Waals surface area contributed by atoms with E-state index in [9.17, 15) is 9.18 Å². The third-order valence-corrected chi connectivity index (χ3v) is 2.21. The zero-order valence-electron chi connectivity index (χ0n) is 11.0. The average Bonchev–Trinajstić information content (AvgIpc) is 2.36. The van der Waals surface area contributed by atoms with Crippen LogP contribution in [-0.2, 0) is 9.53 Å². The average molecular weight is 266 g/mol. The first-order valence-corrected chi connectivity index (χ1v) is 6.07. The quantitative estimate of drug-likeness (QED) is 0.558. The number of para-hydroxylation sites is 1. The topological polar surface area (TPSA) is 50.4 Å². The van der Waals surface area contributed by atoms with E-state index >= 15 is 0 Å². The zero-order chi connectivity index (χ0) is 14.1. The molecule has 0 saturated heterocycles. The van der Waals surface area contributed by atoms with Crippen LogP contribution < -0.4 is 10.6 Å². The number of nitrogens with one attached hydrogen (secondary N) is 2.